The van der Waals surface area contributed by atoms with E-state index in [9.17, 15) is 9.59 Å². The molecule has 5 rings (SSSR count). The van der Waals surface area contributed by atoms with Gasteiger partial charge in [0, 0.05) is 53.8 Å². The second kappa shape index (κ2) is 7.72. The van der Waals surface area contributed by atoms with Crippen LogP contribution in [0.25, 0.3) is 10.6 Å². The first-order valence-corrected chi connectivity index (χ1v) is 11.6. The van der Waals surface area contributed by atoms with Crippen molar-refractivity contribution in [2.75, 3.05) is 26.2 Å². The molecule has 3 aromatic rings. The second-order valence-electron chi connectivity index (χ2n) is 7.49. The van der Waals surface area contributed by atoms with E-state index in [1.165, 1.54) is 16.2 Å². The van der Waals surface area contributed by atoms with Gasteiger partial charge < -0.3 is 9.80 Å². The first kappa shape index (κ1) is 18.5. The Morgan fingerprint density at radius 3 is 2.41 bits per heavy atom. The molecule has 0 radical (unpaired) electrons. The monoisotopic (exact) mass is 423 g/mol. The number of thiazole rings is 1. The van der Waals surface area contributed by atoms with Crippen LogP contribution in [0, 0.1) is 5.92 Å². The Morgan fingerprint density at radius 2 is 1.69 bits per heavy atom. The summed E-state index contributed by atoms with van der Waals surface area (Å²) in [4.78, 5) is 35.2. The van der Waals surface area contributed by atoms with Crippen molar-refractivity contribution < 1.29 is 9.59 Å². The molecule has 2 fully saturated rings. The third kappa shape index (κ3) is 3.72. The summed E-state index contributed by atoms with van der Waals surface area (Å²) in [5, 5.41) is 4.76. The Hall–Kier alpha value is -2.51. The summed E-state index contributed by atoms with van der Waals surface area (Å²) in [6.07, 6.45) is 0.958. The Bertz CT molecular complexity index is 1010. The standard InChI is InChI=1S/C22H21N3O2S2/c26-21(17-13-16(17)19-7-4-12-28-19)24-8-10-25(11-9-24)22(27)18-14-29-20(23-18)15-5-2-1-3-6-15/h1-7,12,14,16-17H,8-11,13H2/t16-,17+/m0/s1. The van der Waals surface area contributed by atoms with Crippen LogP contribution in [0.15, 0.2) is 53.2 Å². The number of aromatic nitrogens is 1. The Kier molecular flexibility index (Phi) is 4.93. The third-order valence-electron chi connectivity index (χ3n) is 5.64. The summed E-state index contributed by atoms with van der Waals surface area (Å²) in [5.41, 5.74) is 1.52. The minimum atomic E-state index is -0.0431. The van der Waals surface area contributed by atoms with Gasteiger partial charge >= 0.3 is 0 Å². The van der Waals surface area contributed by atoms with Gasteiger partial charge in [-0.2, -0.15) is 0 Å². The van der Waals surface area contributed by atoms with Crippen molar-refractivity contribution in [2.45, 2.75) is 12.3 Å². The molecule has 2 aliphatic rings. The average molecular weight is 424 g/mol. The van der Waals surface area contributed by atoms with Gasteiger partial charge in [-0.05, 0) is 17.9 Å². The molecule has 0 bridgehead atoms. The Labute approximate surface area is 177 Å². The van der Waals surface area contributed by atoms with E-state index < -0.39 is 0 Å². The maximum atomic E-state index is 12.8. The zero-order valence-corrected chi connectivity index (χ0v) is 17.5. The van der Waals surface area contributed by atoms with Crippen molar-refractivity contribution >= 4 is 34.5 Å². The summed E-state index contributed by atoms with van der Waals surface area (Å²) >= 11 is 3.22. The van der Waals surface area contributed by atoms with Crippen molar-refractivity contribution in [2.24, 2.45) is 5.92 Å². The van der Waals surface area contributed by atoms with Gasteiger partial charge in [-0.25, -0.2) is 4.98 Å². The lowest BCUT2D eigenvalue weighted by Crippen LogP contribution is -2.51. The number of amides is 2. The van der Waals surface area contributed by atoms with Crippen molar-refractivity contribution in [1.82, 2.24) is 14.8 Å². The van der Waals surface area contributed by atoms with Gasteiger partial charge in [-0.15, -0.1) is 22.7 Å². The van der Waals surface area contributed by atoms with Crippen molar-refractivity contribution in [3.05, 3.63) is 63.8 Å². The molecule has 3 heterocycles. The maximum Gasteiger partial charge on any atom is 0.273 e. The molecule has 148 valence electrons. The largest absolute Gasteiger partial charge is 0.339 e. The number of carbonyl (C=O) groups is 2. The lowest BCUT2D eigenvalue weighted by molar-refractivity contribution is -0.134. The quantitative estimate of drug-likeness (QED) is 0.638. The van der Waals surface area contributed by atoms with Gasteiger partial charge in [0.05, 0.1) is 0 Å². The van der Waals surface area contributed by atoms with Crippen molar-refractivity contribution in [3.63, 3.8) is 0 Å². The molecule has 29 heavy (non-hydrogen) atoms. The van der Waals surface area contributed by atoms with Crippen LogP contribution in [0.1, 0.15) is 27.7 Å². The number of hydrogen-bond acceptors (Lipinski definition) is 5. The third-order valence-corrected chi connectivity index (χ3v) is 7.53. The second-order valence-corrected chi connectivity index (χ2v) is 9.32. The fourth-order valence-electron chi connectivity index (χ4n) is 3.90. The summed E-state index contributed by atoms with van der Waals surface area (Å²) in [6.45, 7) is 2.35. The number of hydrogen-bond donors (Lipinski definition) is 0. The molecule has 1 aromatic carbocycles. The summed E-state index contributed by atoms with van der Waals surface area (Å²) in [5.74, 6) is 0.727. The van der Waals surface area contributed by atoms with Crippen LogP contribution in [-0.4, -0.2) is 52.8 Å². The summed E-state index contributed by atoms with van der Waals surface area (Å²) in [7, 11) is 0. The van der Waals surface area contributed by atoms with Gasteiger partial charge in [0.2, 0.25) is 5.91 Å². The van der Waals surface area contributed by atoms with Crippen LogP contribution < -0.4 is 0 Å². The van der Waals surface area contributed by atoms with E-state index in [-0.39, 0.29) is 17.7 Å². The topological polar surface area (TPSA) is 53.5 Å². The number of benzene rings is 1. The first-order chi connectivity index (χ1) is 14.2. The predicted octanol–water partition coefficient (Wildman–Crippen LogP) is 3.96. The minimum absolute atomic E-state index is 0.0431. The molecule has 0 unspecified atom stereocenters. The Balaban J connectivity index is 1.17. The number of thiophene rings is 1. The van der Waals surface area contributed by atoms with E-state index in [4.69, 9.17) is 0 Å². The van der Waals surface area contributed by atoms with E-state index in [1.54, 1.807) is 11.3 Å². The SMILES string of the molecule is O=C(c1csc(-c2ccccc2)n1)N1CCN(C(=O)[C@@H]2C[C@@H]2c2cccs2)CC1. The first-order valence-electron chi connectivity index (χ1n) is 9.83. The summed E-state index contributed by atoms with van der Waals surface area (Å²) in [6, 6.07) is 14.1. The molecule has 2 atom stereocenters. The van der Waals surface area contributed by atoms with Crippen molar-refractivity contribution in [3.8, 4) is 10.6 Å². The van der Waals surface area contributed by atoms with Crippen LogP contribution in [0.3, 0.4) is 0 Å². The molecular weight excluding hydrogens is 402 g/mol. The zero-order chi connectivity index (χ0) is 19.8. The highest BCUT2D eigenvalue weighted by atomic mass is 32.1. The van der Waals surface area contributed by atoms with Gasteiger partial charge in [0.15, 0.2) is 0 Å². The highest BCUT2D eigenvalue weighted by Gasteiger charge is 2.46. The average Bonchev–Trinajstić information content (AvgIpc) is 3.17. The number of piperazine rings is 1. The lowest BCUT2D eigenvalue weighted by Gasteiger charge is -2.34. The van der Waals surface area contributed by atoms with Gasteiger partial charge in [-0.3, -0.25) is 9.59 Å². The van der Waals surface area contributed by atoms with Crippen LogP contribution in [-0.2, 0) is 4.79 Å². The number of nitrogens with zero attached hydrogens (tertiary/aromatic N) is 3. The van der Waals surface area contributed by atoms with E-state index in [0.717, 1.165) is 17.0 Å². The van der Waals surface area contributed by atoms with Crippen molar-refractivity contribution in [1.29, 1.82) is 0 Å². The van der Waals surface area contributed by atoms with E-state index in [2.05, 4.69) is 16.4 Å². The van der Waals surface area contributed by atoms with E-state index >= 15 is 0 Å². The molecule has 7 heteroatoms. The molecule has 1 aliphatic heterocycles. The Morgan fingerprint density at radius 1 is 0.931 bits per heavy atom. The summed E-state index contributed by atoms with van der Waals surface area (Å²) < 4.78 is 0. The zero-order valence-electron chi connectivity index (χ0n) is 15.9. The molecule has 1 aliphatic carbocycles. The van der Waals surface area contributed by atoms with Crippen LogP contribution >= 0.6 is 22.7 Å². The van der Waals surface area contributed by atoms with Gasteiger partial charge in [0.1, 0.15) is 10.7 Å². The van der Waals surface area contributed by atoms with E-state index in [1.807, 2.05) is 51.6 Å². The predicted molar refractivity (Wildman–Crippen MR) is 115 cm³/mol. The fraction of sp³-hybridized carbons (Fsp3) is 0.318. The molecular formula is C22H21N3O2S2. The molecule has 2 amide bonds. The van der Waals surface area contributed by atoms with Gasteiger partial charge in [-0.1, -0.05) is 36.4 Å². The molecule has 0 N–H and O–H groups in total. The normalized spacial score (nSPS) is 21.2. The lowest BCUT2D eigenvalue weighted by atomic mass is 10.2. The highest BCUT2D eigenvalue weighted by Crippen LogP contribution is 2.50. The molecule has 5 nitrogen and oxygen atoms in total. The molecule has 1 saturated carbocycles. The minimum Gasteiger partial charge on any atom is -0.339 e. The van der Waals surface area contributed by atoms with Crippen LogP contribution in [0.2, 0.25) is 0 Å². The fourth-order valence-corrected chi connectivity index (χ4v) is 5.60. The van der Waals surface area contributed by atoms with Gasteiger partial charge in [0.25, 0.3) is 5.91 Å². The van der Waals surface area contributed by atoms with E-state index in [0.29, 0.717) is 37.8 Å². The molecule has 2 aromatic heterocycles. The van der Waals surface area contributed by atoms with Crippen LogP contribution in [0.5, 0.6) is 0 Å². The highest BCUT2D eigenvalue weighted by molar-refractivity contribution is 7.13. The smallest absolute Gasteiger partial charge is 0.273 e. The molecule has 0 spiro atoms. The molecule has 1 saturated heterocycles. The number of rotatable bonds is 4. The maximum absolute atomic E-state index is 12.8. The number of carbonyl (C=O) groups excluding carboxylic acids is 2. The van der Waals surface area contributed by atoms with Crippen LogP contribution in [0.4, 0.5) is 0 Å².